The molecule has 2 aromatic rings. The summed E-state index contributed by atoms with van der Waals surface area (Å²) in [6.07, 6.45) is -1.04. The van der Waals surface area contributed by atoms with E-state index in [2.05, 4.69) is 21.1 Å². The van der Waals surface area contributed by atoms with Gasteiger partial charge in [0.15, 0.2) is 5.82 Å². The normalized spacial score (nSPS) is 12.6. The Bertz CT molecular complexity index is 659. The number of carbonyl (C=O) groups is 1. The van der Waals surface area contributed by atoms with Crippen molar-refractivity contribution in [3.63, 3.8) is 0 Å². The molecule has 1 unspecified atom stereocenters. The predicted molar refractivity (Wildman–Crippen MR) is 88.3 cm³/mol. The molecule has 0 saturated carbocycles. The van der Waals surface area contributed by atoms with E-state index in [0.29, 0.717) is 17.1 Å². The maximum atomic E-state index is 11.5. The number of benzene rings is 1. The summed E-state index contributed by atoms with van der Waals surface area (Å²) in [5, 5.41) is 22.1. The van der Waals surface area contributed by atoms with Crippen LogP contribution >= 0.6 is 0 Å². The van der Waals surface area contributed by atoms with Crippen molar-refractivity contribution in [1.82, 2.24) is 10.5 Å². The van der Waals surface area contributed by atoms with Gasteiger partial charge in [0.05, 0.1) is 0 Å². The fourth-order valence-corrected chi connectivity index (χ4v) is 1.89. The second kappa shape index (κ2) is 6.70. The molecule has 0 bridgehead atoms. The number of carbonyl (C=O) groups excluding carboxylic acids is 1. The van der Waals surface area contributed by atoms with E-state index in [9.17, 15) is 9.90 Å². The van der Waals surface area contributed by atoms with Crippen LogP contribution in [-0.4, -0.2) is 29.6 Å². The molecule has 2 rings (SSSR count). The van der Waals surface area contributed by atoms with E-state index in [1.807, 2.05) is 20.8 Å². The van der Waals surface area contributed by atoms with Crippen LogP contribution in [0.1, 0.15) is 36.9 Å². The first-order valence-electron chi connectivity index (χ1n) is 7.30. The number of amides is 1. The molecule has 1 atom stereocenters. The van der Waals surface area contributed by atoms with Gasteiger partial charge in [-0.25, -0.2) is 0 Å². The van der Waals surface area contributed by atoms with Crippen molar-refractivity contribution in [1.29, 1.82) is 0 Å². The van der Waals surface area contributed by atoms with E-state index in [1.165, 1.54) is 0 Å². The minimum Gasteiger partial charge on any atom is -0.359 e. The van der Waals surface area contributed by atoms with Gasteiger partial charge in [0.2, 0.25) is 6.35 Å². The van der Waals surface area contributed by atoms with Crippen LogP contribution in [0.15, 0.2) is 34.9 Å². The monoisotopic (exact) mass is 318 g/mol. The van der Waals surface area contributed by atoms with Gasteiger partial charge in [0.25, 0.3) is 5.91 Å². The second-order valence-electron chi connectivity index (χ2n) is 6.17. The molecular formula is C16H22N4O3. The third kappa shape index (κ3) is 4.46. The summed E-state index contributed by atoms with van der Waals surface area (Å²) >= 11 is 0. The highest BCUT2D eigenvalue weighted by Crippen LogP contribution is 2.24. The lowest BCUT2D eigenvalue weighted by atomic mass is 9.93. The summed E-state index contributed by atoms with van der Waals surface area (Å²) in [5.74, 6) is 1.01. The van der Waals surface area contributed by atoms with Gasteiger partial charge < -0.3 is 25.6 Å². The van der Waals surface area contributed by atoms with Crippen molar-refractivity contribution in [3.05, 3.63) is 41.7 Å². The van der Waals surface area contributed by atoms with Crippen molar-refractivity contribution < 1.29 is 14.4 Å². The lowest BCUT2D eigenvalue weighted by Gasteiger charge is -2.15. The highest BCUT2D eigenvalue weighted by Gasteiger charge is 2.20. The van der Waals surface area contributed by atoms with Gasteiger partial charge in [-0.1, -0.05) is 25.9 Å². The number of anilines is 2. The number of hydrogen-bond donors (Lipinski definition) is 4. The number of hydrogen-bond acceptors (Lipinski definition) is 6. The van der Waals surface area contributed by atoms with E-state index >= 15 is 0 Å². The molecule has 0 saturated heterocycles. The van der Waals surface area contributed by atoms with E-state index < -0.39 is 6.35 Å². The number of nitrogens with zero attached hydrogens (tertiary/aromatic N) is 1. The minimum atomic E-state index is -1.04. The third-order valence-electron chi connectivity index (χ3n) is 3.21. The van der Waals surface area contributed by atoms with Crippen LogP contribution in [-0.2, 0) is 5.41 Å². The van der Waals surface area contributed by atoms with Crippen LogP contribution in [0.5, 0.6) is 0 Å². The van der Waals surface area contributed by atoms with Crippen molar-refractivity contribution in [3.8, 4) is 0 Å². The Kier molecular flexibility index (Phi) is 4.90. The van der Waals surface area contributed by atoms with Gasteiger partial charge in [-0.05, 0) is 24.3 Å². The third-order valence-corrected chi connectivity index (χ3v) is 3.21. The minimum absolute atomic E-state index is 0.152. The molecular weight excluding hydrogens is 296 g/mol. The summed E-state index contributed by atoms with van der Waals surface area (Å²) in [6.45, 7) is 6.04. The summed E-state index contributed by atoms with van der Waals surface area (Å²) in [5.41, 5.74) is 1.06. The maximum absolute atomic E-state index is 11.5. The summed E-state index contributed by atoms with van der Waals surface area (Å²) in [7, 11) is 1.58. The van der Waals surface area contributed by atoms with Crippen molar-refractivity contribution >= 4 is 17.4 Å². The van der Waals surface area contributed by atoms with Crippen molar-refractivity contribution in [2.45, 2.75) is 32.5 Å². The molecule has 0 radical (unpaired) electrons. The standard InChI is InChI=1S/C16H22N4O3/c1-16(2,3)12-9-13(20-23-12)19-15(22)18-11-7-5-10(6-8-11)14(21)17-4/h5-9,15,18,22H,1-4H3,(H,17,21)(H,19,20). The first kappa shape index (κ1) is 16.8. The number of rotatable bonds is 5. The Balaban J connectivity index is 1.95. The van der Waals surface area contributed by atoms with Crippen molar-refractivity contribution in [2.75, 3.05) is 17.7 Å². The topological polar surface area (TPSA) is 99.4 Å². The van der Waals surface area contributed by atoms with Gasteiger partial charge in [-0.15, -0.1) is 0 Å². The average molecular weight is 318 g/mol. The fourth-order valence-electron chi connectivity index (χ4n) is 1.89. The second-order valence-corrected chi connectivity index (χ2v) is 6.17. The van der Waals surface area contributed by atoms with Crippen LogP contribution in [0, 0.1) is 0 Å². The molecule has 7 heteroatoms. The van der Waals surface area contributed by atoms with E-state index in [0.717, 1.165) is 5.76 Å². The highest BCUT2D eigenvalue weighted by molar-refractivity contribution is 5.94. The molecule has 7 nitrogen and oxygen atoms in total. The molecule has 1 heterocycles. The van der Waals surface area contributed by atoms with Gasteiger partial charge in [-0.2, -0.15) is 0 Å². The Morgan fingerprint density at radius 1 is 1.22 bits per heavy atom. The Hall–Kier alpha value is -2.54. The lowest BCUT2D eigenvalue weighted by molar-refractivity contribution is 0.0963. The zero-order valence-corrected chi connectivity index (χ0v) is 13.7. The molecule has 0 aliphatic carbocycles. The van der Waals surface area contributed by atoms with Gasteiger partial charge >= 0.3 is 0 Å². The molecule has 0 spiro atoms. The van der Waals surface area contributed by atoms with Crippen LogP contribution in [0.2, 0.25) is 0 Å². The number of aliphatic hydroxyl groups is 1. The first-order chi connectivity index (χ1) is 10.8. The zero-order chi connectivity index (χ0) is 17.0. The van der Waals surface area contributed by atoms with E-state index in [4.69, 9.17) is 4.52 Å². The lowest BCUT2D eigenvalue weighted by Crippen LogP contribution is -2.28. The van der Waals surface area contributed by atoms with Gasteiger partial charge in [0.1, 0.15) is 5.76 Å². The molecule has 124 valence electrons. The Morgan fingerprint density at radius 3 is 2.39 bits per heavy atom. The zero-order valence-electron chi connectivity index (χ0n) is 13.7. The smallest absolute Gasteiger partial charge is 0.251 e. The molecule has 0 aliphatic heterocycles. The molecule has 4 N–H and O–H groups in total. The largest absolute Gasteiger partial charge is 0.359 e. The number of aliphatic hydroxyl groups excluding tert-OH is 1. The summed E-state index contributed by atoms with van der Waals surface area (Å²) in [6, 6.07) is 8.50. The average Bonchev–Trinajstić information content (AvgIpc) is 2.95. The number of nitrogens with one attached hydrogen (secondary N) is 3. The first-order valence-corrected chi connectivity index (χ1v) is 7.30. The molecule has 23 heavy (non-hydrogen) atoms. The number of aromatic nitrogens is 1. The predicted octanol–water partition coefficient (Wildman–Crippen LogP) is 2.13. The van der Waals surface area contributed by atoms with Crippen LogP contribution in [0.4, 0.5) is 11.5 Å². The highest BCUT2D eigenvalue weighted by atomic mass is 16.5. The van der Waals surface area contributed by atoms with E-state index in [-0.39, 0.29) is 11.3 Å². The maximum Gasteiger partial charge on any atom is 0.251 e. The van der Waals surface area contributed by atoms with Gasteiger partial charge in [-0.3, -0.25) is 4.79 Å². The fraction of sp³-hybridized carbons (Fsp3) is 0.375. The SMILES string of the molecule is CNC(=O)c1ccc(NC(O)Nc2cc(C(C)(C)C)on2)cc1. The Morgan fingerprint density at radius 2 is 1.87 bits per heavy atom. The molecule has 1 aromatic carbocycles. The van der Waals surface area contributed by atoms with Crippen LogP contribution in [0.3, 0.4) is 0 Å². The molecule has 0 aliphatic rings. The quantitative estimate of drug-likeness (QED) is 0.630. The molecule has 0 fully saturated rings. The van der Waals surface area contributed by atoms with Gasteiger partial charge in [0, 0.05) is 29.8 Å². The molecule has 1 aromatic heterocycles. The molecule has 1 amide bonds. The summed E-state index contributed by atoms with van der Waals surface area (Å²) in [4.78, 5) is 11.5. The van der Waals surface area contributed by atoms with Crippen molar-refractivity contribution in [2.24, 2.45) is 0 Å². The van der Waals surface area contributed by atoms with Crippen LogP contribution < -0.4 is 16.0 Å². The summed E-state index contributed by atoms with van der Waals surface area (Å²) < 4.78 is 5.24. The van der Waals surface area contributed by atoms with E-state index in [1.54, 1.807) is 37.4 Å². The van der Waals surface area contributed by atoms with Crippen LogP contribution in [0.25, 0.3) is 0 Å². The Labute approximate surface area is 135 Å².